The van der Waals surface area contributed by atoms with Gasteiger partial charge in [0.1, 0.15) is 23.7 Å². The van der Waals surface area contributed by atoms with Gasteiger partial charge in [-0.05, 0) is 31.2 Å². The lowest BCUT2D eigenvalue weighted by atomic mass is 9.69. The van der Waals surface area contributed by atoms with E-state index in [2.05, 4.69) is 40.2 Å². The third kappa shape index (κ3) is 1.46. The van der Waals surface area contributed by atoms with Crippen molar-refractivity contribution in [2.75, 3.05) is 0 Å². The van der Waals surface area contributed by atoms with Crippen molar-refractivity contribution in [1.82, 2.24) is 9.99 Å². The first kappa shape index (κ1) is 12.1. The number of aromatic amines is 1. The molecule has 106 valence electrons. The third-order valence-corrected chi connectivity index (χ3v) is 5.47. The molecule has 0 bridgehead atoms. The van der Waals surface area contributed by atoms with E-state index >= 15 is 0 Å². The van der Waals surface area contributed by atoms with Crippen molar-refractivity contribution in [3.05, 3.63) is 17.8 Å². The van der Waals surface area contributed by atoms with Crippen LogP contribution in [0.5, 0.6) is 0 Å². The van der Waals surface area contributed by atoms with E-state index in [0.29, 0.717) is 5.92 Å². The van der Waals surface area contributed by atoms with E-state index in [0.717, 1.165) is 11.7 Å². The van der Waals surface area contributed by atoms with Crippen LogP contribution in [-0.4, -0.2) is 22.4 Å². The summed E-state index contributed by atoms with van der Waals surface area (Å²) in [4.78, 5) is 7.65. The second-order valence-electron chi connectivity index (χ2n) is 6.55. The number of nitrogens with zero attached hydrogens (tertiary/aromatic N) is 4. The van der Waals surface area contributed by atoms with Gasteiger partial charge in [-0.2, -0.15) is 5.11 Å². The van der Waals surface area contributed by atoms with Gasteiger partial charge in [0.2, 0.25) is 0 Å². The number of hydrogen-bond donors (Lipinski definition) is 1. The van der Waals surface area contributed by atoms with E-state index in [1.54, 1.807) is 0 Å². The van der Waals surface area contributed by atoms with Crippen molar-refractivity contribution in [1.29, 1.82) is 0 Å². The molecule has 1 fully saturated rings. The Balaban J connectivity index is 1.76. The van der Waals surface area contributed by atoms with Gasteiger partial charge in [-0.15, -0.1) is 0 Å². The Hall–Kier alpha value is -1.65. The van der Waals surface area contributed by atoms with Crippen molar-refractivity contribution < 1.29 is 0 Å². The Morgan fingerprint density at radius 1 is 1.35 bits per heavy atom. The second kappa shape index (κ2) is 4.17. The van der Waals surface area contributed by atoms with Crippen LogP contribution in [-0.2, 0) is 5.54 Å². The van der Waals surface area contributed by atoms with Crippen LogP contribution in [0.25, 0.3) is 0 Å². The standard InChI is InChI=1S/C15H21N5/c1-10-5-3-4-6-11(10)13-15(2)12-7-8-16-14(12)17-9-20(15)19-18-13/h7-11,13,16H,3-6H2,1-2H3. The molecule has 3 heterocycles. The van der Waals surface area contributed by atoms with Crippen LogP contribution in [0.1, 0.15) is 45.1 Å². The van der Waals surface area contributed by atoms with Crippen LogP contribution >= 0.6 is 0 Å². The number of nitrogens with one attached hydrogen (secondary N) is 1. The molecule has 4 unspecified atom stereocenters. The highest BCUT2D eigenvalue weighted by Gasteiger charge is 2.53. The Kier molecular flexibility index (Phi) is 2.53. The summed E-state index contributed by atoms with van der Waals surface area (Å²) in [5.41, 5.74) is 1.06. The highest BCUT2D eigenvalue weighted by atomic mass is 15.6. The fourth-order valence-electron chi connectivity index (χ4n) is 4.18. The summed E-state index contributed by atoms with van der Waals surface area (Å²) in [6.45, 7) is 4.64. The summed E-state index contributed by atoms with van der Waals surface area (Å²) >= 11 is 0. The first-order chi connectivity index (χ1) is 9.71. The van der Waals surface area contributed by atoms with Gasteiger partial charge in [0.15, 0.2) is 0 Å². The Morgan fingerprint density at radius 2 is 2.20 bits per heavy atom. The lowest BCUT2D eigenvalue weighted by Crippen LogP contribution is -2.49. The van der Waals surface area contributed by atoms with Crippen LogP contribution in [0.2, 0.25) is 0 Å². The molecule has 4 rings (SSSR count). The third-order valence-electron chi connectivity index (χ3n) is 5.47. The molecule has 3 aliphatic rings. The Bertz CT molecular complexity index is 575. The van der Waals surface area contributed by atoms with Crippen LogP contribution in [0.4, 0.5) is 5.82 Å². The number of fused-ring (bicyclic) bond motifs is 3. The lowest BCUT2D eigenvalue weighted by molar-refractivity contribution is 0.124. The fourth-order valence-corrected chi connectivity index (χ4v) is 4.18. The summed E-state index contributed by atoms with van der Waals surface area (Å²) in [5.74, 6) is 2.31. The van der Waals surface area contributed by atoms with Crippen molar-refractivity contribution in [3.63, 3.8) is 0 Å². The van der Waals surface area contributed by atoms with Crippen LogP contribution < -0.4 is 0 Å². The molecule has 1 aliphatic carbocycles. The second-order valence-corrected chi connectivity index (χ2v) is 6.55. The zero-order valence-electron chi connectivity index (χ0n) is 12.1. The van der Waals surface area contributed by atoms with Gasteiger partial charge < -0.3 is 4.98 Å². The summed E-state index contributed by atoms with van der Waals surface area (Å²) in [7, 11) is 0. The SMILES string of the molecule is CC1CCCCC1C1N=NN2C=Nc3[nH]ccc3C12C. The minimum Gasteiger partial charge on any atom is -0.346 e. The maximum Gasteiger partial charge on any atom is 0.137 e. The van der Waals surface area contributed by atoms with Crippen molar-refractivity contribution in [3.8, 4) is 0 Å². The molecule has 1 aromatic rings. The van der Waals surface area contributed by atoms with Gasteiger partial charge >= 0.3 is 0 Å². The van der Waals surface area contributed by atoms with Gasteiger partial charge in [-0.1, -0.05) is 31.4 Å². The van der Waals surface area contributed by atoms with Gasteiger partial charge in [0.05, 0.1) is 0 Å². The largest absolute Gasteiger partial charge is 0.346 e. The first-order valence-electron chi connectivity index (χ1n) is 7.63. The highest BCUT2D eigenvalue weighted by molar-refractivity contribution is 5.68. The fraction of sp³-hybridized carbons (Fsp3) is 0.667. The summed E-state index contributed by atoms with van der Waals surface area (Å²) in [5, 5.41) is 11.0. The molecule has 0 spiro atoms. The van der Waals surface area contributed by atoms with E-state index in [4.69, 9.17) is 0 Å². The zero-order chi connectivity index (χ0) is 13.7. The minimum atomic E-state index is -0.173. The minimum absolute atomic E-state index is 0.173. The molecule has 0 saturated heterocycles. The summed E-state index contributed by atoms with van der Waals surface area (Å²) in [6.07, 6.45) is 9.06. The van der Waals surface area contributed by atoms with Crippen molar-refractivity contribution in [2.24, 2.45) is 27.2 Å². The average Bonchev–Trinajstić information content (AvgIpc) is 3.03. The molecule has 20 heavy (non-hydrogen) atoms. The Morgan fingerprint density at radius 3 is 3.05 bits per heavy atom. The molecule has 5 heteroatoms. The monoisotopic (exact) mass is 271 g/mol. The first-order valence-corrected chi connectivity index (χ1v) is 7.63. The zero-order valence-corrected chi connectivity index (χ0v) is 12.1. The topological polar surface area (TPSA) is 56.1 Å². The molecular weight excluding hydrogens is 250 g/mol. The normalized spacial score (nSPS) is 38.9. The average molecular weight is 271 g/mol. The summed E-state index contributed by atoms with van der Waals surface area (Å²) in [6, 6.07) is 2.37. The lowest BCUT2D eigenvalue weighted by Gasteiger charge is -2.42. The predicted molar refractivity (Wildman–Crippen MR) is 77.9 cm³/mol. The smallest absolute Gasteiger partial charge is 0.137 e. The highest BCUT2D eigenvalue weighted by Crippen LogP contribution is 2.50. The van der Waals surface area contributed by atoms with Crippen molar-refractivity contribution in [2.45, 2.75) is 51.1 Å². The van der Waals surface area contributed by atoms with Crippen LogP contribution in [0.15, 0.2) is 27.6 Å². The van der Waals surface area contributed by atoms with E-state index in [-0.39, 0.29) is 11.6 Å². The molecule has 0 amide bonds. The molecule has 1 aromatic heterocycles. The Labute approximate surface area is 119 Å². The van der Waals surface area contributed by atoms with E-state index in [9.17, 15) is 0 Å². The van der Waals surface area contributed by atoms with Crippen LogP contribution in [0, 0.1) is 11.8 Å². The van der Waals surface area contributed by atoms with E-state index in [1.165, 1.54) is 31.2 Å². The van der Waals surface area contributed by atoms with Crippen molar-refractivity contribution >= 4 is 12.2 Å². The van der Waals surface area contributed by atoms with Gasteiger partial charge in [-0.3, -0.25) is 0 Å². The quantitative estimate of drug-likeness (QED) is 0.830. The number of aromatic nitrogens is 1. The predicted octanol–water partition coefficient (Wildman–Crippen LogP) is 3.78. The maximum absolute atomic E-state index is 4.65. The van der Waals surface area contributed by atoms with Gasteiger partial charge in [0.25, 0.3) is 0 Å². The van der Waals surface area contributed by atoms with E-state index < -0.39 is 0 Å². The number of hydrogen-bond acceptors (Lipinski definition) is 4. The number of rotatable bonds is 1. The molecule has 1 saturated carbocycles. The molecule has 2 aliphatic heterocycles. The van der Waals surface area contributed by atoms with E-state index in [1.807, 2.05) is 17.5 Å². The number of aliphatic imine (C=N–C) groups is 1. The van der Waals surface area contributed by atoms with Crippen LogP contribution in [0.3, 0.4) is 0 Å². The molecule has 5 nitrogen and oxygen atoms in total. The molecule has 1 N–H and O–H groups in total. The molecule has 0 aromatic carbocycles. The number of H-pyrrole nitrogens is 1. The maximum atomic E-state index is 4.65. The van der Waals surface area contributed by atoms with Gasteiger partial charge in [0, 0.05) is 11.8 Å². The molecule has 0 radical (unpaired) electrons. The van der Waals surface area contributed by atoms with Gasteiger partial charge in [-0.25, -0.2) is 10.0 Å². The molecule has 4 atom stereocenters. The molecular formula is C15H21N5. The summed E-state index contributed by atoms with van der Waals surface area (Å²) < 4.78 is 0.